The van der Waals surface area contributed by atoms with E-state index in [1.54, 1.807) is 7.11 Å². The third kappa shape index (κ3) is 5.96. The van der Waals surface area contributed by atoms with E-state index >= 15 is 0 Å². The molecule has 1 aromatic carbocycles. The molecule has 5 nitrogen and oxygen atoms in total. The number of nitrogens with one attached hydrogen (secondary N) is 1. The van der Waals surface area contributed by atoms with Gasteiger partial charge in [0.15, 0.2) is 0 Å². The number of rotatable bonds is 11. The van der Waals surface area contributed by atoms with Gasteiger partial charge in [0, 0.05) is 6.54 Å². The van der Waals surface area contributed by atoms with Crippen LogP contribution in [-0.4, -0.2) is 26.1 Å². The summed E-state index contributed by atoms with van der Waals surface area (Å²) in [5.41, 5.74) is 2.34. The van der Waals surface area contributed by atoms with Crippen molar-refractivity contribution in [2.24, 2.45) is 5.92 Å². The minimum Gasteiger partial charge on any atom is -0.497 e. The molecule has 1 aromatic rings. The van der Waals surface area contributed by atoms with E-state index in [-0.39, 0.29) is 0 Å². The number of ether oxygens (including phenoxy) is 1. The largest absolute Gasteiger partial charge is 0.497 e. The van der Waals surface area contributed by atoms with Gasteiger partial charge in [-0.15, -0.1) is 0 Å². The lowest BCUT2D eigenvalue weighted by Crippen LogP contribution is -2.29. The average Bonchev–Trinajstić information content (AvgIpc) is 3.44. The number of allylic oxidation sites excluding steroid dienone is 1. The Morgan fingerprint density at radius 2 is 1.84 bits per heavy atom. The summed E-state index contributed by atoms with van der Waals surface area (Å²) in [6.07, 6.45) is 4.45. The Balaban J connectivity index is 2.14. The van der Waals surface area contributed by atoms with Crippen molar-refractivity contribution < 1.29 is 18.3 Å². The van der Waals surface area contributed by atoms with Crippen molar-refractivity contribution in [3.63, 3.8) is 0 Å². The lowest BCUT2D eigenvalue weighted by Gasteiger charge is -2.26. The Bertz CT molecular complexity index is 600. The van der Waals surface area contributed by atoms with Gasteiger partial charge in [-0.2, -0.15) is 0 Å². The zero-order valence-electron chi connectivity index (χ0n) is 15.7. The van der Waals surface area contributed by atoms with Crippen molar-refractivity contribution in [1.82, 2.24) is 5.32 Å². The van der Waals surface area contributed by atoms with E-state index in [1.165, 1.54) is 18.4 Å². The summed E-state index contributed by atoms with van der Waals surface area (Å²) in [4.78, 5) is 0. The summed E-state index contributed by atoms with van der Waals surface area (Å²) in [7, 11) is -1.61. The third-order valence-electron chi connectivity index (χ3n) is 4.28. The number of hydrogen-bond donors (Lipinski definition) is 1. The van der Waals surface area contributed by atoms with Crippen molar-refractivity contribution in [2.75, 3.05) is 20.3 Å². The van der Waals surface area contributed by atoms with Gasteiger partial charge in [-0.05, 0) is 57.2 Å². The SMILES string of the molecule is CCOP(=O)(OCC)C(/C=C(\C)C1CC1)NCc1ccc(OC)cc1. The molecule has 1 unspecified atom stereocenters. The number of benzene rings is 1. The van der Waals surface area contributed by atoms with Crippen LogP contribution in [0.4, 0.5) is 0 Å². The van der Waals surface area contributed by atoms with Crippen molar-refractivity contribution in [2.45, 2.75) is 45.9 Å². The number of methoxy groups -OCH3 is 1. The molecule has 140 valence electrons. The van der Waals surface area contributed by atoms with Gasteiger partial charge in [0.25, 0.3) is 0 Å². The van der Waals surface area contributed by atoms with E-state index in [1.807, 2.05) is 44.2 Å². The van der Waals surface area contributed by atoms with Crippen LogP contribution in [0.2, 0.25) is 0 Å². The molecular formula is C19H30NO4P. The van der Waals surface area contributed by atoms with Gasteiger partial charge in [-0.25, -0.2) is 0 Å². The highest BCUT2D eigenvalue weighted by molar-refractivity contribution is 7.54. The van der Waals surface area contributed by atoms with Gasteiger partial charge in [0.1, 0.15) is 11.5 Å². The highest BCUT2D eigenvalue weighted by atomic mass is 31.2. The minimum atomic E-state index is -3.26. The number of hydrogen-bond acceptors (Lipinski definition) is 5. The fourth-order valence-electron chi connectivity index (χ4n) is 2.71. The molecule has 0 heterocycles. The molecule has 1 atom stereocenters. The van der Waals surface area contributed by atoms with Crippen LogP contribution in [-0.2, 0) is 20.2 Å². The van der Waals surface area contributed by atoms with Crippen LogP contribution in [0, 0.1) is 5.92 Å². The maximum absolute atomic E-state index is 13.2. The Morgan fingerprint density at radius 3 is 2.32 bits per heavy atom. The van der Waals surface area contributed by atoms with Gasteiger partial charge < -0.3 is 13.8 Å². The summed E-state index contributed by atoms with van der Waals surface area (Å²) in [5, 5.41) is 3.37. The zero-order chi connectivity index (χ0) is 18.3. The molecule has 1 aliphatic carbocycles. The van der Waals surface area contributed by atoms with E-state index in [0.717, 1.165) is 11.3 Å². The summed E-state index contributed by atoms with van der Waals surface area (Å²) in [6.45, 7) is 7.06. The lowest BCUT2D eigenvalue weighted by molar-refractivity contribution is 0.211. The normalized spacial score (nSPS) is 16.7. The molecule has 0 bridgehead atoms. The van der Waals surface area contributed by atoms with E-state index < -0.39 is 13.4 Å². The molecule has 1 fully saturated rings. The molecule has 0 radical (unpaired) electrons. The molecule has 0 aromatic heterocycles. The molecule has 2 rings (SSSR count). The first kappa shape index (κ1) is 20.2. The summed E-state index contributed by atoms with van der Waals surface area (Å²) < 4.78 is 29.6. The fourth-order valence-corrected chi connectivity index (χ4v) is 4.56. The van der Waals surface area contributed by atoms with Crippen LogP contribution in [0.3, 0.4) is 0 Å². The Morgan fingerprint density at radius 1 is 1.24 bits per heavy atom. The van der Waals surface area contributed by atoms with Crippen molar-refractivity contribution in [1.29, 1.82) is 0 Å². The first-order valence-electron chi connectivity index (χ1n) is 8.95. The molecule has 0 saturated heterocycles. The van der Waals surface area contributed by atoms with E-state index in [0.29, 0.717) is 25.7 Å². The lowest BCUT2D eigenvalue weighted by atomic mass is 10.2. The molecule has 1 N–H and O–H groups in total. The van der Waals surface area contributed by atoms with E-state index in [2.05, 4.69) is 12.2 Å². The fraction of sp³-hybridized carbons (Fsp3) is 0.579. The zero-order valence-corrected chi connectivity index (χ0v) is 16.6. The van der Waals surface area contributed by atoms with Crippen molar-refractivity contribution in [3.05, 3.63) is 41.5 Å². The van der Waals surface area contributed by atoms with Crippen LogP contribution in [0.25, 0.3) is 0 Å². The molecule has 0 spiro atoms. The quantitative estimate of drug-likeness (QED) is 0.452. The molecule has 0 amide bonds. The molecule has 1 saturated carbocycles. The highest BCUT2D eigenvalue weighted by Gasteiger charge is 2.35. The first-order chi connectivity index (χ1) is 12.0. The van der Waals surface area contributed by atoms with Crippen molar-refractivity contribution >= 4 is 7.60 Å². The summed E-state index contributed by atoms with van der Waals surface area (Å²) >= 11 is 0. The molecule has 25 heavy (non-hydrogen) atoms. The molecule has 0 aliphatic heterocycles. The third-order valence-corrected chi connectivity index (χ3v) is 6.52. The predicted molar refractivity (Wildman–Crippen MR) is 101 cm³/mol. The monoisotopic (exact) mass is 367 g/mol. The average molecular weight is 367 g/mol. The molecule has 6 heteroatoms. The highest BCUT2D eigenvalue weighted by Crippen LogP contribution is 2.53. The van der Waals surface area contributed by atoms with Crippen LogP contribution in [0.1, 0.15) is 39.2 Å². The Kier molecular flexibility index (Phi) is 7.70. The van der Waals surface area contributed by atoms with Gasteiger partial charge in [0.2, 0.25) is 0 Å². The Hall–Kier alpha value is -1.13. The summed E-state index contributed by atoms with van der Waals surface area (Å²) in [6, 6.07) is 7.82. The van der Waals surface area contributed by atoms with Crippen LogP contribution in [0.5, 0.6) is 5.75 Å². The first-order valence-corrected chi connectivity index (χ1v) is 10.6. The van der Waals surface area contributed by atoms with E-state index in [4.69, 9.17) is 13.8 Å². The van der Waals surface area contributed by atoms with Gasteiger partial charge in [-0.3, -0.25) is 9.88 Å². The standard InChI is InChI=1S/C19H30NO4P/c1-5-23-25(21,24-6-2)19(13-15(3)17-9-10-17)20-14-16-7-11-18(22-4)12-8-16/h7-8,11-13,17,19-20H,5-6,9-10,14H2,1-4H3/b15-13+. The maximum Gasteiger partial charge on any atom is 0.351 e. The Labute approximate surface area is 151 Å². The van der Waals surface area contributed by atoms with E-state index in [9.17, 15) is 4.57 Å². The minimum absolute atomic E-state index is 0.355. The van der Waals surface area contributed by atoms with Crippen LogP contribution < -0.4 is 10.1 Å². The van der Waals surface area contributed by atoms with Crippen LogP contribution >= 0.6 is 7.60 Å². The van der Waals surface area contributed by atoms with Crippen molar-refractivity contribution in [3.8, 4) is 5.75 Å². The second-order valence-electron chi connectivity index (χ2n) is 6.23. The summed E-state index contributed by atoms with van der Waals surface area (Å²) in [5.74, 6) is 0.983. The van der Waals surface area contributed by atoms with Crippen LogP contribution in [0.15, 0.2) is 35.9 Å². The van der Waals surface area contributed by atoms with Gasteiger partial charge >= 0.3 is 7.60 Å². The molecule has 1 aliphatic rings. The second-order valence-corrected chi connectivity index (χ2v) is 8.39. The maximum atomic E-state index is 13.2. The predicted octanol–water partition coefficient (Wildman–Crippen LogP) is 4.73. The smallest absolute Gasteiger partial charge is 0.351 e. The second kappa shape index (κ2) is 9.54. The topological polar surface area (TPSA) is 56.8 Å². The van der Waals surface area contributed by atoms with Gasteiger partial charge in [-0.1, -0.05) is 23.8 Å². The van der Waals surface area contributed by atoms with Gasteiger partial charge in [0.05, 0.1) is 20.3 Å². The molecular weight excluding hydrogens is 337 g/mol.